The summed E-state index contributed by atoms with van der Waals surface area (Å²) in [6.07, 6.45) is 1.16. The Hall–Kier alpha value is -0.910. The lowest BCUT2D eigenvalue weighted by Gasteiger charge is -2.07. The molecule has 1 rings (SSSR count). The van der Waals surface area contributed by atoms with Gasteiger partial charge in [0.05, 0.1) is 6.26 Å². The van der Waals surface area contributed by atoms with Gasteiger partial charge in [0.25, 0.3) is 0 Å². The zero-order valence-corrected chi connectivity index (χ0v) is 10.5. The molecule has 5 heteroatoms. The van der Waals surface area contributed by atoms with Crippen molar-refractivity contribution in [3.05, 3.63) is 35.4 Å². The van der Waals surface area contributed by atoms with Crippen LogP contribution in [0.3, 0.4) is 0 Å². The van der Waals surface area contributed by atoms with Crippen LogP contribution in [0.1, 0.15) is 11.1 Å². The van der Waals surface area contributed by atoms with E-state index in [2.05, 4.69) is 29.1 Å². The Balaban J connectivity index is 2.24. The number of aryl methyl sites for hydroxylation is 1. The molecule has 0 aliphatic heterocycles. The van der Waals surface area contributed by atoms with E-state index in [4.69, 9.17) is 0 Å². The summed E-state index contributed by atoms with van der Waals surface area (Å²) in [5, 5.41) is 3.19. The van der Waals surface area contributed by atoms with Crippen molar-refractivity contribution in [3.63, 3.8) is 0 Å². The fourth-order valence-electron chi connectivity index (χ4n) is 1.36. The fourth-order valence-corrected chi connectivity index (χ4v) is 1.83. The molecular weight excluding hydrogens is 224 g/mol. The minimum Gasteiger partial charge on any atom is -0.311 e. The van der Waals surface area contributed by atoms with Crippen molar-refractivity contribution in [1.82, 2.24) is 10.0 Å². The third-order valence-electron chi connectivity index (χ3n) is 2.24. The van der Waals surface area contributed by atoms with E-state index >= 15 is 0 Å². The Labute approximate surface area is 97.1 Å². The third kappa shape index (κ3) is 5.25. The van der Waals surface area contributed by atoms with Gasteiger partial charge in [-0.1, -0.05) is 24.3 Å². The zero-order valence-electron chi connectivity index (χ0n) is 9.66. The van der Waals surface area contributed by atoms with Gasteiger partial charge in [-0.15, -0.1) is 0 Å². The molecule has 0 aliphatic carbocycles. The summed E-state index contributed by atoms with van der Waals surface area (Å²) in [6, 6.07) is 8.13. The molecular formula is C11H18N2O2S. The second-order valence-electron chi connectivity index (χ2n) is 3.77. The number of hydrogen-bond acceptors (Lipinski definition) is 3. The summed E-state index contributed by atoms with van der Waals surface area (Å²) in [5.41, 5.74) is 2.48. The van der Waals surface area contributed by atoms with Crippen LogP contribution in [0.5, 0.6) is 0 Å². The molecule has 16 heavy (non-hydrogen) atoms. The summed E-state index contributed by atoms with van der Waals surface area (Å²) in [6.45, 7) is 3.87. The maximum atomic E-state index is 10.8. The molecule has 0 aromatic heterocycles. The van der Waals surface area contributed by atoms with Crippen LogP contribution in [0.25, 0.3) is 0 Å². The number of benzene rings is 1. The van der Waals surface area contributed by atoms with Gasteiger partial charge in [-0.2, -0.15) is 0 Å². The first kappa shape index (κ1) is 13.2. The molecule has 90 valence electrons. The average Bonchev–Trinajstić information content (AvgIpc) is 2.18. The lowest BCUT2D eigenvalue weighted by atomic mass is 10.1. The summed E-state index contributed by atoms with van der Waals surface area (Å²) in [7, 11) is -3.07. The molecule has 1 aromatic carbocycles. The van der Waals surface area contributed by atoms with Crippen molar-refractivity contribution in [3.8, 4) is 0 Å². The van der Waals surface area contributed by atoms with Gasteiger partial charge in [-0.05, 0) is 18.1 Å². The van der Waals surface area contributed by atoms with Crippen molar-refractivity contribution in [1.29, 1.82) is 0 Å². The zero-order chi connectivity index (χ0) is 12.0. The molecule has 0 unspecified atom stereocenters. The Morgan fingerprint density at radius 1 is 1.19 bits per heavy atom. The predicted octanol–water partition coefficient (Wildman–Crippen LogP) is 0.634. The number of rotatable bonds is 6. The van der Waals surface area contributed by atoms with Crippen LogP contribution in [-0.4, -0.2) is 27.8 Å². The lowest BCUT2D eigenvalue weighted by Crippen LogP contribution is -2.30. The molecule has 0 atom stereocenters. The Bertz CT molecular complexity index is 429. The van der Waals surface area contributed by atoms with Crippen molar-refractivity contribution >= 4 is 10.0 Å². The van der Waals surface area contributed by atoms with Crippen LogP contribution in [0.4, 0.5) is 0 Å². The SMILES string of the molecule is Cc1ccccc1CNCCNS(C)(=O)=O. The van der Waals surface area contributed by atoms with E-state index in [-0.39, 0.29) is 0 Å². The van der Waals surface area contributed by atoms with Gasteiger partial charge in [0.2, 0.25) is 10.0 Å². The molecule has 0 fully saturated rings. The Kier molecular flexibility index (Phi) is 4.92. The molecule has 0 saturated heterocycles. The van der Waals surface area contributed by atoms with Gasteiger partial charge in [-0.3, -0.25) is 0 Å². The molecule has 0 bridgehead atoms. The average molecular weight is 242 g/mol. The molecule has 0 amide bonds. The summed E-state index contributed by atoms with van der Waals surface area (Å²) in [5.74, 6) is 0. The van der Waals surface area contributed by atoms with E-state index in [1.165, 1.54) is 11.1 Å². The maximum Gasteiger partial charge on any atom is 0.208 e. The minimum atomic E-state index is -3.07. The van der Waals surface area contributed by atoms with E-state index in [0.717, 1.165) is 12.8 Å². The minimum absolute atomic E-state index is 0.421. The van der Waals surface area contributed by atoms with E-state index < -0.39 is 10.0 Å². The van der Waals surface area contributed by atoms with E-state index in [1.54, 1.807) is 0 Å². The summed E-state index contributed by atoms with van der Waals surface area (Å²) >= 11 is 0. The highest BCUT2D eigenvalue weighted by Gasteiger charge is 1.99. The van der Waals surface area contributed by atoms with Gasteiger partial charge in [0.15, 0.2) is 0 Å². The molecule has 1 aromatic rings. The van der Waals surface area contributed by atoms with Crippen LogP contribution in [0.2, 0.25) is 0 Å². The predicted molar refractivity (Wildman–Crippen MR) is 65.7 cm³/mol. The number of nitrogens with one attached hydrogen (secondary N) is 2. The first-order valence-electron chi connectivity index (χ1n) is 5.19. The van der Waals surface area contributed by atoms with Gasteiger partial charge >= 0.3 is 0 Å². The van der Waals surface area contributed by atoms with E-state index in [9.17, 15) is 8.42 Å². The summed E-state index contributed by atoms with van der Waals surface area (Å²) < 4.78 is 24.0. The quantitative estimate of drug-likeness (QED) is 0.720. The van der Waals surface area contributed by atoms with Crippen LogP contribution in [0, 0.1) is 6.92 Å². The second-order valence-corrected chi connectivity index (χ2v) is 5.60. The maximum absolute atomic E-state index is 10.8. The van der Waals surface area contributed by atoms with Gasteiger partial charge in [-0.25, -0.2) is 13.1 Å². The highest BCUT2D eigenvalue weighted by atomic mass is 32.2. The molecule has 2 N–H and O–H groups in total. The van der Waals surface area contributed by atoms with Gasteiger partial charge in [0.1, 0.15) is 0 Å². The van der Waals surface area contributed by atoms with Crippen LogP contribution < -0.4 is 10.0 Å². The molecule has 0 aliphatic rings. The van der Waals surface area contributed by atoms with Gasteiger partial charge < -0.3 is 5.32 Å². The standard InChI is InChI=1S/C11H18N2O2S/c1-10-5-3-4-6-11(10)9-12-7-8-13-16(2,14)15/h3-6,12-13H,7-9H2,1-2H3. The first-order valence-corrected chi connectivity index (χ1v) is 7.08. The highest BCUT2D eigenvalue weighted by Crippen LogP contribution is 2.05. The smallest absolute Gasteiger partial charge is 0.208 e. The molecule has 0 spiro atoms. The molecule has 0 radical (unpaired) electrons. The normalized spacial score (nSPS) is 11.6. The van der Waals surface area contributed by atoms with Crippen molar-refractivity contribution < 1.29 is 8.42 Å². The van der Waals surface area contributed by atoms with Crippen LogP contribution >= 0.6 is 0 Å². The summed E-state index contributed by atoms with van der Waals surface area (Å²) in [4.78, 5) is 0. The second kappa shape index (κ2) is 5.98. The van der Waals surface area contributed by atoms with E-state index in [0.29, 0.717) is 13.1 Å². The van der Waals surface area contributed by atoms with Crippen LogP contribution in [-0.2, 0) is 16.6 Å². The van der Waals surface area contributed by atoms with Crippen molar-refractivity contribution in [2.45, 2.75) is 13.5 Å². The molecule has 0 saturated carbocycles. The topological polar surface area (TPSA) is 58.2 Å². The van der Waals surface area contributed by atoms with Crippen LogP contribution in [0.15, 0.2) is 24.3 Å². The van der Waals surface area contributed by atoms with E-state index in [1.807, 2.05) is 12.1 Å². The van der Waals surface area contributed by atoms with Gasteiger partial charge in [0, 0.05) is 19.6 Å². The largest absolute Gasteiger partial charge is 0.311 e. The number of sulfonamides is 1. The molecule has 4 nitrogen and oxygen atoms in total. The first-order chi connectivity index (χ1) is 7.49. The Morgan fingerprint density at radius 3 is 2.50 bits per heavy atom. The Morgan fingerprint density at radius 2 is 1.88 bits per heavy atom. The van der Waals surface area contributed by atoms with Crippen molar-refractivity contribution in [2.24, 2.45) is 0 Å². The van der Waals surface area contributed by atoms with Crippen molar-refractivity contribution in [2.75, 3.05) is 19.3 Å². The lowest BCUT2D eigenvalue weighted by molar-refractivity contribution is 0.581. The monoisotopic (exact) mass is 242 g/mol. The third-order valence-corrected chi connectivity index (χ3v) is 2.97. The highest BCUT2D eigenvalue weighted by molar-refractivity contribution is 7.88. The number of hydrogen-bond donors (Lipinski definition) is 2. The molecule has 0 heterocycles. The fraction of sp³-hybridized carbons (Fsp3) is 0.455.